The van der Waals surface area contributed by atoms with Crippen molar-refractivity contribution in [2.24, 2.45) is 0 Å². The van der Waals surface area contributed by atoms with Crippen molar-refractivity contribution in [3.05, 3.63) is 53.1 Å². The molecule has 0 atom stereocenters. The normalized spacial score (nSPS) is 10.8. The molecule has 5 nitrogen and oxygen atoms in total. The molecule has 1 heterocycles. The van der Waals surface area contributed by atoms with Gasteiger partial charge in [-0.2, -0.15) is 4.68 Å². The third-order valence-corrected chi connectivity index (χ3v) is 3.89. The number of nitrogens with two attached hydrogens (primary N) is 1. The van der Waals surface area contributed by atoms with Gasteiger partial charge >= 0.3 is 0 Å². The summed E-state index contributed by atoms with van der Waals surface area (Å²) in [4.78, 5) is 0. The van der Waals surface area contributed by atoms with Crippen molar-refractivity contribution in [3.8, 4) is 17.1 Å². The van der Waals surface area contributed by atoms with Crippen LogP contribution in [0.15, 0.2) is 36.4 Å². The van der Waals surface area contributed by atoms with E-state index in [1.165, 1.54) is 5.56 Å². The van der Waals surface area contributed by atoms with Gasteiger partial charge in [0, 0.05) is 11.3 Å². The zero-order valence-electron chi connectivity index (χ0n) is 12.3. The Hall–Kier alpha value is -2.69. The van der Waals surface area contributed by atoms with Crippen molar-refractivity contribution in [2.45, 2.75) is 20.8 Å². The smallest absolute Gasteiger partial charge is 0.187 e. The highest BCUT2D eigenvalue weighted by Gasteiger charge is 2.15. The van der Waals surface area contributed by atoms with Gasteiger partial charge in [-0.05, 0) is 60.0 Å². The number of rotatable bonds is 2. The summed E-state index contributed by atoms with van der Waals surface area (Å²) in [5.41, 5.74) is 12.0. The first-order valence-corrected chi connectivity index (χ1v) is 6.80. The maximum atomic E-state index is 5.99. The molecular formula is C16H17N5. The summed E-state index contributed by atoms with van der Waals surface area (Å²) in [5.74, 6) is 0.702. The van der Waals surface area contributed by atoms with Gasteiger partial charge in [0.1, 0.15) is 0 Å². The van der Waals surface area contributed by atoms with Gasteiger partial charge < -0.3 is 5.73 Å². The summed E-state index contributed by atoms with van der Waals surface area (Å²) in [6.45, 7) is 6.13. The average molecular weight is 279 g/mol. The second kappa shape index (κ2) is 5.01. The van der Waals surface area contributed by atoms with Crippen LogP contribution >= 0.6 is 0 Å². The topological polar surface area (TPSA) is 69.6 Å². The molecule has 3 aromatic rings. The largest absolute Gasteiger partial charge is 0.398 e. The Kier molecular flexibility index (Phi) is 3.17. The molecule has 106 valence electrons. The lowest BCUT2D eigenvalue weighted by molar-refractivity contribution is 0.786. The first-order valence-electron chi connectivity index (χ1n) is 6.80. The molecule has 0 fully saturated rings. The molecule has 0 unspecified atom stereocenters. The molecule has 0 saturated carbocycles. The number of tetrazole rings is 1. The molecular weight excluding hydrogens is 262 g/mol. The van der Waals surface area contributed by atoms with E-state index in [2.05, 4.69) is 35.4 Å². The van der Waals surface area contributed by atoms with Gasteiger partial charge in [-0.3, -0.25) is 0 Å². The predicted octanol–water partition coefficient (Wildman–Crippen LogP) is 2.84. The Morgan fingerprint density at radius 1 is 0.952 bits per heavy atom. The van der Waals surface area contributed by atoms with Gasteiger partial charge in [-0.25, -0.2) is 0 Å². The van der Waals surface area contributed by atoms with Gasteiger partial charge in [0.25, 0.3) is 0 Å². The molecule has 2 N–H and O–H groups in total. The van der Waals surface area contributed by atoms with E-state index in [0.717, 1.165) is 28.1 Å². The van der Waals surface area contributed by atoms with Gasteiger partial charge in [0.05, 0.1) is 5.69 Å². The minimum absolute atomic E-state index is 0.702. The number of nitrogen functional groups attached to an aromatic ring is 1. The highest BCUT2D eigenvalue weighted by molar-refractivity contribution is 5.69. The van der Waals surface area contributed by atoms with Crippen LogP contribution in [0.25, 0.3) is 17.1 Å². The van der Waals surface area contributed by atoms with Crippen molar-refractivity contribution in [1.82, 2.24) is 20.2 Å². The third-order valence-electron chi connectivity index (χ3n) is 3.89. The first kappa shape index (κ1) is 13.3. The Labute approximate surface area is 123 Å². The molecule has 2 aromatic carbocycles. The Bertz CT molecular complexity index is 738. The van der Waals surface area contributed by atoms with E-state index in [0.29, 0.717) is 5.82 Å². The standard InChI is InChI=1S/C16H17N5/c1-10-6-4-9-15(11(10)2)21-16(18-19-20-21)13-7-5-8-14(17)12(13)3/h4-9H,17H2,1-3H3. The van der Waals surface area contributed by atoms with Crippen LogP contribution in [0.3, 0.4) is 0 Å². The summed E-state index contributed by atoms with van der Waals surface area (Å²) in [6, 6.07) is 11.9. The number of aromatic nitrogens is 4. The van der Waals surface area contributed by atoms with Crippen LogP contribution < -0.4 is 5.73 Å². The van der Waals surface area contributed by atoms with Crippen molar-refractivity contribution in [2.75, 3.05) is 5.73 Å². The van der Waals surface area contributed by atoms with Gasteiger partial charge in [0.15, 0.2) is 5.82 Å². The number of nitrogens with zero attached hydrogens (tertiary/aromatic N) is 4. The maximum Gasteiger partial charge on any atom is 0.187 e. The highest BCUT2D eigenvalue weighted by atomic mass is 15.5. The van der Waals surface area contributed by atoms with Gasteiger partial charge in [-0.15, -0.1) is 5.10 Å². The molecule has 5 heteroatoms. The fraction of sp³-hybridized carbons (Fsp3) is 0.188. The van der Waals surface area contributed by atoms with E-state index in [4.69, 9.17) is 5.73 Å². The summed E-state index contributed by atoms with van der Waals surface area (Å²) in [5, 5.41) is 12.2. The Balaban J connectivity index is 2.22. The molecule has 3 rings (SSSR count). The van der Waals surface area contributed by atoms with Crippen LogP contribution in [0.5, 0.6) is 0 Å². The van der Waals surface area contributed by atoms with Crippen molar-refractivity contribution >= 4 is 5.69 Å². The number of hydrogen-bond donors (Lipinski definition) is 1. The SMILES string of the molecule is Cc1cccc(-n2nnnc2-c2cccc(N)c2C)c1C. The van der Waals surface area contributed by atoms with E-state index >= 15 is 0 Å². The van der Waals surface area contributed by atoms with E-state index in [9.17, 15) is 0 Å². The second-order valence-corrected chi connectivity index (χ2v) is 5.15. The van der Waals surface area contributed by atoms with Gasteiger partial charge in [0.2, 0.25) is 0 Å². The van der Waals surface area contributed by atoms with E-state index in [1.54, 1.807) is 4.68 Å². The van der Waals surface area contributed by atoms with Crippen LogP contribution in [-0.4, -0.2) is 20.2 Å². The maximum absolute atomic E-state index is 5.99. The zero-order valence-corrected chi connectivity index (χ0v) is 12.3. The molecule has 1 aromatic heterocycles. The van der Waals surface area contributed by atoms with E-state index < -0.39 is 0 Å². The second-order valence-electron chi connectivity index (χ2n) is 5.15. The fourth-order valence-corrected chi connectivity index (χ4v) is 2.38. The number of aryl methyl sites for hydroxylation is 1. The molecule has 0 aliphatic carbocycles. The highest BCUT2D eigenvalue weighted by Crippen LogP contribution is 2.27. The van der Waals surface area contributed by atoms with Crippen LogP contribution in [0.1, 0.15) is 16.7 Å². The number of benzene rings is 2. The Morgan fingerprint density at radius 2 is 1.71 bits per heavy atom. The quantitative estimate of drug-likeness (QED) is 0.732. The zero-order chi connectivity index (χ0) is 15.0. The minimum Gasteiger partial charge on any atom is -0.398 e. The average Bonchev–Trinajstić information content (AvgIpc) is 2.94. The van der Waals surface area contributed by atoms with E-state index in [-0.39, 0.29) is 0 Å². The number of anilines is 1. The lowest BCUT2D eigenvalue weighted by Gasteiger charge is -2.11. The predicted molar refractivity (Wildman–Crippen MR) is 83.2 cm³/mol. The Morgan fingerprint density at radius 3 is 2.52 bits per heavy atom. The molecule has 0 bridgehead atoms. The van der Waals surface area contributed by atoms with Crippen molar-refractivity contribution in [3.63, 3.8) is 0 Å². The summed E-state index contributed by atoms with van der Waals surface area (Å²) in [6.07, 6.45) is 0. The van der Waals surface area contributed by atoms with Crippen LogP contribution in [0.2, 0.25) is 0 Å². The third kappa shape index (κ3) is 2.16. The lowest BCUT2D eigenvalue weighted by atomic mass is 10.1. The molecule has 0 amide bonds. The summed E-state index contributed by atoms with van der Waals surface area (Å²) in [7, 11) is 0. The van der Waals surface area contributed by atoms with Crippen molar-refractivity contribution < 1.29 is 0 Å². The minimum atomic E-state index is 0.702. The lowest BCUT2D eigenvalue weighted by Crippen LogP contribution is -2.04. The molecule has 0 spiro atoms. The summed E-state index contributed by atoms with van der Waals surface area (Å²) < 4.78 is 1.77. The van der Waals surface area contributed by atoms with Crippen LogP contribution in [0.4, 0.5) is 5.69 Å². The van der Waals surface area contributed by atoms with Crippen molar-refractivity contribution in [1.29, 1.82) is 0 Å². The monoisotopic (exact) mass is 279 g/mol. The molecule has 0 saturated heterocycles. The van der Waals surface area contributed by atoms with E-state index in [1.807, 2.05) is 37.3 Å². The number of hydrogen-bond acceptors (Lipinski definition) is 4. The molecule has 0 aliphatic rings. The molecule has 0 aliphatic heterocycles. The van der Waals surface area contributed by atoms with Gasteiger partial charge in [-0.1, -0.05) is 24.3 Å². The molecule has 0 radical (unpaired) electrons. The van der Waals surface area contributed by atoms with Crippen LogP contribution in [-0.2, 0) is 0 Å². The fourth-order valence-electron chi connectivity index (χ4n) is 2.38. The van der Waals surface area contributed by atoms with Crippen LogP contribution in [0, 0.1) is 20.8 Å². The summed E-state index contributed by atoms with van der Waals surface area (Å²) >= 11 is 0. The first-order chi connectivity index (χ1) is 10.1. The molecule has 21 heavy (non-hydrogen) atoms.